The zero-order valence-corrected chi connectivity index (χ0v) is 11.5. The minimum atomic E-state index is -0.580. The lowest BCUT2D eigenvalue weighted by molar-refractivity contribution is 0.0940. The minimum absolute atomic E-state index is 0.00642. The number of ketones is 1. The van der Waals surface area contributed by atoms with Gasteiger partial charge in [-0.2, -0.15) is 0 Å². The van der Waals surface area contributed by atoms with Gasteiger partial charge in [-0.3, -0.25) is 9.69 Å². The number of carbonyl (C=O) groups is 1. The Hall–Kier alpha value is -2.27. The summed E-state index contributed by atoms with van der Waals surface area (Å²) in [5, 5.41) is 9.59. The Morgan fingerprint density at radius 2 is 1.86 bits per heavy atom. The molecule has 1 N–H and O–H groups in total. The lowest BCUT2D eigenvalue weighted by atomic mass is 10.1. The molecule has 2 aromatic rings. The predicted octanol–water partition coefficient (Wildman–Crippen LogP) is 2.99. The summed E-state index contributed by atoms with van der Waals surface area (Å²) in [6, 6.07) is 9.33. The van der Waals surface area contributed by atoms with Crippen LogP contribution in [-0.4, -0.2) is 29.4 Å². The number of hydrogen-bond donors (Lipinski definition) is 1. The van der Waals surface area contributed by atoms with Crippen molar-refractivity contribution in [3.8, 4) is 5.75 Å². The van der Waals surface area contributed by atoms with E-state index in [1.165, 1.54) is 12.1 Å². The molecule has 2 aromatic carbocycles. The van der Waals surface area contributed by atoms with E-state index >= 15 is 0 Å². The maximum Gasteiger partial charge on any atom is 0.180 e. The van der Waals surface area contributed by atoms with Gasteiger partial charge in [0.25, 0.3) is 0 Å². The average Bonchev–Trinajstić information content (AvgIpc) is 2.41. The zero-order valence-electron chi connectivity index (χ0n) is 11.5. The Bertz CT molecular complexity index is 658. The molecule has 2 rings (SSSR count). The summed E-state index contributed by atoms with van der Waals surface area (Å²) in [4.78, 5) is 13.7. The van der Waals surface area contributed by atoms with Crippen LogP contribution in [0.2, 0.25) is 0 Å². The quantitative estimate of drug-likeness (QED) is 0.861. The Morgan fingerprint density at radius 1 is 1.14 bits per heavy atom. The maximum atomic E-state index is 13.1. The number of phenolic OH excluding ortho intramolecular Hbond substituents is 1. The SMILES string of the molecule is CN(CC(=O)c1cc(F)ccc1O)Cc1cccc(F)c1. The van der Waals surface area contributed by atoms with Crippen molar-refractivity contribution in [3.05, 3.63) is 65.2 Å². The second kappa shape index (κ2) is 6.45. The number of benzene rings is 2. The fraction of sp³-hybridized carbons (Fsp3) is 0.188. The molecule has 0 aliphatic rings. The topological polar surface area (TPSA) is 40.5 Å². The molecule has 0 spiro atoms. The summed E-state index contributed by atoms with van der Waals surface area (Å²) in [6.07, 6.45) is 0. The molecule has 0 fully saturated rings. The van der Waals surface area contributed by atoms with Crippen LogP contribution < -0.4 is 0 Å². The van der Waals surface area contributed by atoms with E-state index in [-0.39, 0.29) is 23.7 Å². The summed E-state index contributed by atoms with van der Waals surface area (Å²) in [7, 11) is 1.69. The van der Waals surface area contributed by atoms with E-state index in [4.69, 9.17) is 0 Å². The largest absolute Gasteiger partial charge is 0.507 e. The van der Waals surface area contributed by atoms with Crippen LogP contribution in [0.1, 0.15) is 15.9 Å². The first-order chi connectivity index (χ1) is 9.95. The van der Waals surface area contributed by atoms with E-state index in [0.29, 0.717) is 6.54 Å². The highest BCUT2D eigenvalue weighted by Gasteiger charge is 2.14. The van der Waals surface area contributed by atoms with Crippen LogP contribution in [0.15, 0.2) is 42.5 Å². The van der Waals surface area contributed by atoms with Crippen molar-refractivity contribution in [1.82, 2.24) is 4.90 Å². The van der Waals surface area contributed by atoms with Gasteiger partial charge in [0.1, 0.15) is 17.4 Å². The minimum Gasteiger partial charge on any atom is -0.507 e. The van der Waals surface area contributed by atoms with Crippen LogP contribution in [0.5, 0.6) is 5.75 Å². The van der Waals surface area contributed by atoms with Crippen molar-refractivity contribution in [2.24, 2.45) is 0 Å². The standard InChI is InChI=1S/C16H15F2NO2/c1-19(9-11-3-2-4-12(17)7-11)10-16(21)14-8-13(18)5-6-15(14)20/h2-8,20H,9-10H2,1H3. The van der Waals surface area contributed by atoms with Gasteiger partial charge in [0, 0.05) is 6.54 Å². The number of aromatic hydroxyl groups is 1. The summed E-state index contributed by atoms with van der Waals surface area (Å²) in [5.74, 6) is -1.56. The number of phenols is 1. The third-order valence-electron chi connectivity index (χ3n) is 3.01. The van der Waals surface area contributed by atoms with Crippen molar-refractivity contribution in [2.45, 2.75) is 6.54 Å². The van der Waals surface area contributed by atoms with Crippen LogP contribution in [-0.2, 0) is 6.54 Å². The normalized spacial score (nSPS) is 10.9. The molecule has 0 saturated carbocycles. The molecule has 0 saturated heterocycles. The fourth-order valence-corrected chi connectivity index (χ4v) is 2.06. The van der Waals surface area contributed by atoms with E-state index in [2.05, 4.69) is 0 Å². The number of rotatable bonds is 5. The fourth-order valence-electron chi connectivity index (χ4n) is 2.06. The molecule has 21 heavy (non-hydrogen) atoms. The number of hydrogen-bond acceptors (Lipinski definition) is 3. The molecule has 3 nitrogen and oxygen atoms in total. The van der Waals surface area contributed by atoms with Crippen molar-refractivity contribution < 1.29 is 18.7 Å². The lowest BCUT2D eigenvalue weighted by Crippen LogP contribution is -2.25. The highest BCUT2D eigenvalue weighted by molar-refractivity contribution is 5.99. The first kappa shape index (κ1) is 15.1. The summed E-state index contributed by atoms with van der Waals surface area (Å²) in [6.45, 7) is 0.368. The zero-order chi connectivity index (χ0) is 15.4. The number of carbonyl (C=O) groups excluding carboxylic acids is 1. The summed E-state index contributed by atoms with van der Waals surface area (Å²) >= 11 is 0. The highest BCUT2D eigenvalue weighted by atomic mass is 19.1. The molecule has 0 aliphatic carbocycles. The molecule has 0 bridgehead atoms. The number of nitrogens with zero attached hydrogens (tertiary/aromatic N) is 1. The van der Waals surface area contributed by atoms with Crippen molar-refractivity contribution in [1.29, 1.82) is 0 Å². The first-order valence-electron chi connectivity index (χ1n) is 6.40. The van der Waals surface area contributed by atoms with E-state index in [9.17, 15) is 18.7 Å². The van der Waals surface area contributed by atoms with Gasteiger partial charge in [0.2, 0.25) is 0 Å². The van der Waals surface area contributed by atoms with Gasteiger partial charge in [-0.15, -0.1) is 0 Å². The van der Waals surface area contributed by atoms with Gasteiger partial charge in [-0.1, -0.05) is 12.1 Å². The van der Waals surface area contributed by atoms with Crippen LogP contribution in [0, 0.1) is 11.6 Å². The maximum absolute atomic E-state index is 13.1. The Kier molecular flexibility index (Phi) is 4.65. The molecule has 0 aliphatic heterocycles. The molecule has 0 aromatic heterocycles. The first-order valence-corrected chi connectivity index (χ1v) is 6.40. The van der Waals surface area contributed by atoms with Crippen LogP contribution in [0.25, 0.3) is 0 Å². The smallest absolute Gasteiger partial charge is 0.180 e. The number of halogens is 2. The highest BCUT2D eigenvalue weighted by Crippen LogP contribution is 2.19. The van der Waals surface area contributed by atoms with Crippen molar-refractivity contribution in [2.75, 3.05) is 13.6 Å². The van der Waals surface area contributed by atoms with Crippen molar-refractivity contribution >= 4 is 5.78 Å². The molecule has 0 unspecified atom stereocenters. The molecule has 0 heterocycles. The summed E-state index contributed by atoms with van der Waals surface area (Å²) < 4.78 is 26.2. The monoisotopic (exact) mass is 291 g/mol. The van der Waals surface area contributed by atoms with Crippen molar-refractivity contribution in [3.63, 3.8) is 0 Å². The Balaban J connectivity index is 2.03. The van der Waals surface area contributed by atoms with Gasteiger partial charge in [-0.05, 0) is 42.9 Å². The average molecular weight is 291 g/mol. The molecular formula is C16H15F2NO2. The van der Waals surface area contributed by atoms with Gasteiger partial charge >= 0.3 is 0 Å². The third kappa shape index (κ3) is 4.10. The van der Waals surface area contributed by atoms with Crippen LogP contribution in [0.4, 0.5) is 8.78 Å². The predicted molar refractivity (Wildman–Crippen MR) is 75.1 cm³/mol. The van der Waals surface area contributed by atoms with Gasteiger partial charge in [-0.25, -0.2) is 8.78 Å². The third-order valence-corrected chi connectivity index (χ3v) is 3.01. The Morgan fingerprint density at radius 3 is 2.57 bits per heavy atom. The molecule has 0 atom stereocenters. The molecule has 5 heteroatoms. The van der Waals surface area contributed by atoms with E-state index < -0.39 is 11.6 Å². The number of likely N-dealkylation sites (N-methyl/N-ethyl adjacent to an activating group) is 1. The van der Waals surface area contributed by atoms with E-state index in [0.717, 1.165) is 23.8 Å². The van der Waals surface area contributed by atoms with Gasteiger partial charge in [0.05, 0.1) is 12.1 Å². The number of Topliss-reactive ketones (excluding diaryl/α,β-unsaturated/α-hetero) is 1. The van der Waals surface area contributed by atoms with Crippen LogP contribution in [0.3, 0.4) is 0 Å². The molecule has 110 valence electrons. The van der Waals surface area contributed by atoms with E-state index in [1.54, 1.807) is 24.1 Å². The Labute approximate surface area is 121 Å². The summed E-state index contributed by atoms with van der Waals surface area (Å²) in [5.41, 5.74) is 0.676. The lowest BCUT2D eigenvalue weighted by Gasteiger charge is -2.16. The molecular weight excluding hydrogens is 276 g/mol. The molecule has 0 radical (unpaired) electrons. The second-order valence-corrected chi connectivity index (χ2v) is 4.89. The second-order valence-electron chi connectivity index (χ2n) is 4.89. The van der Waals surface area contributed by atoms with E-state index in [1.807, 2.05) is 0 Å². The van der Waals surface area contributed by atoms with Gasteiger partial charge < -0.3 is 5.11 Å². The van der Waals surface area contributed by atoms with Gasteiger partial charge in [0.15, 0.2) is 5.78 Å². The van der Waals surface area contributed by atoms with Crippen LogP contribution >= 0.6 is 0 Å². The molecule has 0 amide bonds.